The number of Topliss-reactive ketones (excluding diaryl/α,β-unsaturated/α-hetero) is 1. The molecule has 166 valence electrons. The summed E-state index contributed by atoms with van der Waals surface area (Å²) in [5, 5.41) is 4.91. The molecule has 2 aromatic carbocycles. The Hall–Kier alpha value is -3.36. The van der Waals surface area contributed by atoms with E-state index in [0.717, 1.165) is 11.1 Å². The fourth-order valence-corrected chi connectivity index (χ4v) is 2.52. The minimum Gasteiger partial charge on any atom is -0.444 e. The Labute approximate surface area is 177 Å². The van der Waals surface area contributed by atoms with Gasteiger partial charge in [0, 0.05) is 11.4 Å². The van der Waals surface area contributed by atoms with E-state index in [1.807, 2.05) is 12.1 Å². The second-order valence-electron chi connectivity index (χ2n) is 7.84. The van der Waals surface area contributed by atoms with Crippen LogP contribution in [0.15, 0.2) is 48.5 Å². The lowest BCUT2D eigenvalue weighted by molar-refractivity contribution is -0.171. The Morgan fingerprint density at radius 3 is 1.68 bits per heavy atom. The van der Waals surface area contributed by atoms with E-state index in [4.69, 9.17) is 4.74 Å². The zero-order chi connectivity index (χ0) is 23.2. The van der Waals surface area contributed by atoms with Gasteiger partial charge in [0.15, 0.2) is 0 Å². The molecule has 0 saturated heterocycles. The lowest BCUT2D eigenvalue weighted by atomic mass is 10.0. The van der Waals surface area contributed by atoms with E-state index < -0.39 is 36.0 Å². The van der Waals surface area contributed by atoms with Crippen molar-refractivity contribution in [2.24, 2.45) is 0 Å². The molecule has 0 aliphatic carbocycles. The number of hydrogen-bond acceptors (Lipinski definition) is 4. The van der Waals surface area contributed by atoms with Gasteiger partial charge in [0.25, 0.3) is 0 Å². The van der Waals surface area contributed by atoms with E-state index in [-0.39, 0.29) is 0 Å². The van der Waals surface area contributed by atoms with Gasteiger partial charge in [-0.25, -0.2) is 4.79 Å². The highest BCUT2D eigenvalue weighted by atomic mass is 19.4. The molecular formula is C22H23F3N2O4. The number of hydrogen-bond donors (Lipinski definition) is 2. The summed E-state index contributed by atoms with van der Waals surface area (Å²) in [5.41, 5.74) is 2.15. The molecule has 0 radical (unpaired) electrons. The number of benzene rings is 2. The molecule has 2 amide bonds. The Balaban J connectivity index is 1.89. The van der Waals surface area contributed by atoms with Crippen molar-refractivity contribution in [3.63, 3.8) is 0 Å². The van der Waals surface area contributed by atoms with Gasteiger partial charge in [0.1, 0.15) is 5.60 Å². The molecule has 0 spiro atoms. The summed E-state index contributed by atoms with van der Waals surface area (Å²) in [6, 6.07) is 13.7. The van der Waals surface area contributed by atoms with Crippen molar-refractivity contribution in [2.45, 2.75) is 45.4 Å². The third-order valence-corrected chi connectivity index (χ3v) is 3.88. The molecule has 0 unspecified atom stereocenters. The molecule has 2 rings (SSSR count). The van der Waals surface area contributed by atoms with Crippen molar-refractivity contribution in [2.75, 3.05) is 10.6 Å². The Bertz CT molecular complexity index is 931. The largest absolute Gasteiger partial charge is 0.450 e. The highest BCUT2D eigenvalue weighted by Crippen LogP contribution is 2.19. The minimum absolute atomic E-state index is 0.292. The normalized spacial score (nSPS) is 11.5. The summed E-state index contributed by atoms with van der Waals surface area (Å²) in [5.74, 6) is -3.12. The van der Waals surface area contributed by atoms with Crippen LogP contribution in [-0.2, 0) is 20.7 Å². The Kier molecular flexibility index (Phi) is 7.43. The predicted octanol–water partition coefficient (Wildman–Crippen LogP) is 5.08. The number of carbonyl (C=O) groups excluding carboxylic acids is 3. The molecule has 0 atom stereocenters. The van der Waals surface area contributed by atoms with Crippen LogP contribution in [0, 0.1) is 0 Å². The standard InChI is InChI=1S/C22H23F3N2O4/c1-21(2,3)31-20(30)27-17-10-6-15(7-11-17)12-14-4-8-16(9-5-14)26-19(29)13-18(28)22(23,24)25/h4-11H,12-13H2,1-3H3,(H,26,29)(H,27,30). The summed E-state index contributed by atoms with van der Waals surface area (Å²) in [7, 11) is 0. The van der Waals surface area contributed by atoms with Gasteiger partial charge in [-0.2, -0.15) is 13.2 Å². The molecule has 9 heteroatoms. The second kappa shape index (κ2) is 9.63. The van der Waals surface area contributed by atoms with Crippen LogP contribution in [0.3, 0.4) is 0 Å². The fraction of sp³-hybridized carbons (Fsp3) is 0.318. The molecule has 0 fully saturated rings. The Morgan fingerprint density at radius 2 is 1.26 bits per heavy atom. The monoisotopic (exact) mass is 436 g/mol. The molecule has 0 aliphatic rings. The zero-order valence-electron chi connectivity index (χ0n) is 17.3. The Morgan fingerprint density at radius 1 is 0.806 bits per heavy atom. The van der Waals surface area contributed by atoms with Gasteiger partial charge in [-0.05, 0) is 62.6 Å². The van der Waals surface area contributed by atoms with Crippen LogP contribution in [0.1, 0.15) is 38.3 Å². The molecule has 2 aromatic rings. The number of carbonyl (C=O) groups is 3. The van der Waals surface area contributed by atoms with Crippen molar-refractivity contribution in [1.82, 2.24) is 0 Å². The van der Waals surface area contributed by atoms with Crippen LogP contribution in [0.25, 0.3) is 0 Å². The van der Waals surface area contributed by atoms with Gasteiger partial charge >= 0.3 is 12.3 Å². The number of nitrogens with one attached hydrogen (secondary N) is 2. The number of amides is 2. The van der Waals surface area contributed by atoms with E-state index in [9.17, 15) is 27.6 Å². The molecule has 0 saturated carbocycles. The second-order valence-corrected chi connectivity index (χ2v) is 7.84. The van der Waals surface area contributed by atoms with Crippen molar-refractivity contribution in [3.05, 3.63) is 59.7 Å². The summed E-state index contributed by atoms with van der Waals surface area (Å²) in [6.07, 6.45) is -6.27. The van der Waals surface area contributed by atoms with E-state index in [1.165, 1.54) is 0 Å². The number of ketones is 1. The van der Waals surface area contributed by atoms with Crippen LogP contribution in [0.5, 0.6) is 0 Å². The fourth-order valence-electron chi connectivity index (χ4n) is 2.52. The molecule has 31 heavy (non-hydrogen) atoms. The number of anilines is 2. The van der Waals surface area contributed by atoms with Crippen LogP contribution in [-0.4, -0.2) is 29.6 Å². The quantitative estimate of drug-likeness (QED) is 0.618. The highest BCUT2D eigenvalue weighted by Gasteiger charge is 2.39. The molecule has 6 nitrogen and oxygen atoms in total. The van der Waals surface area contributed by atoms with E-state index in [0.29, 0.717) is 17.8 Å². The zero-order valence-corrected chi connectivity index (χ0v) is 17.3. The van der Waals surface area contributed by atoms with Crippen molar-refractivity contribution >= 4 is 29.2 Å². The van der Waals surface area contributed by atoms with Gasteiger partial charge in [0.05, 0.1) is 6.42 Å². The predicted molar refractivity (Wildman–Crippen MR) is 110 cm³/mol. The molecule has 0 heterocycles. The smallest absolute Gasteiger partial charge is 0.444 e. The molecule has 0 aromatic heterocycles. The number of rotatable bonds is 6. The summed E-state index contributed by atoms with van der Waals surface area (Å²) < 4.78 is 41.8. The van der Waals surface area contributed by atoms with Crippen LogP contribution in [0.2, 0.25) is 0 Å². The maximum Gasteiger partial charge on any atom is 0.450 e. The average molecular weight is 436 g/mol. The molecule has 0 aliphatic heterocycles. The van der Waals surface area contributed by atoms with Crippen LogP contribution < -0.4 is 10.6 Å². The highest BCUT2D eigenvalue weighted by molar-refractivity contribution is 6.06. The van der Waals surface area contributed by atoms with E-state index >= 15 is 0 Å². The molecule has 0 bridgehead atoms. The minimum atomic E-state index is -5.03. The lowest BCUT2D eigenvalue weighted by Gasteiger charge is -2.19. The summed E-state index contributed by atoms with van der Waals surface area (Å²) in [6.45, 7) is 5.32. The first-order chi connectivity index (χ1) is 14.3. The molecular weight excluding hydrogens is 413 g/mol. The lowest BCUT2D eigenvalue weighted by Crippen LogP contribution is -2.27. The van der Waals surface area contributed by atoms with Crippen molar-refractivity contribution in [3.8, 4) is 0 Å². The molecule has 2 N–H and O–H groups in total. The maximum absolute atomic E-state index is 12.2. The SMILES string of the molecule is CC(C)(C)OC(=O)Nc1ccc(Cc2ccc(NC(=O)CC(=O)C(F)(F)F)cc2)cc1. The van der Waals surface area contributed by atoms with Gasteiger partial charge in [0.2, 0.25) is 11.7 Å². The maximum atomic E-state index is 12.2. The first-order valence-corrected chi connectivity index (χ1v) is 9.39. The van der Waals surface area contributed by atoms with Gasteiger partial charge in [-0.3, -0.25) is 14.9 Å². The van der Waals surface area contributed by atoms with Gasteiger partial charge in [-0.15, -0.1) is 0 Å². The number of ether oxygens (including phenoxy) is 1. The van der Waals surface area contributed by atoms with Gasteiger partial charge in [-0.1, -0.05) is 24.3 Å². The summed E-state index contributed by atoms with van der Waals surface area (Å²) in [4.78, 5) is 34.2. The number of halogens is 3. The first-order valence-electron chi connectivity index (χ1n) is 9.39. The number of alkyl halides is 3. The average Bonchev–Trinajstić information content (AvgIpc) is 2.62. The van der Waals surface area contributed by atoms with Crippen molar-refractivity contribution in [1.29, 1.82) is 0 Å². The van der Waals surface area contributed by atoms with E-state index in [2.05, 4.69) is 10.6 Å². The third-order valence-electron chi connectivity index (χ3n) is 3.88. The van der Waals surface area contributed by atoms with Crippen LogP contribution in [0.4, 0.5) is 29.3 Å². The first kappa shape index (κ1) is 23.9. The van der Waals surface area contributed by atoms with Crippen LogP contribution >= 0.6 is 0 Å². The van der Waals surface area contributed by atoms with E-state index in [1.54, 1.807) is 57.2 Å². The topological polar surface area (TPSA) is 84.5 Å². The van der Waals surface area contributed by atoms with Gasteiger partial charge < -0.3 is 10.1 Å². The van der Waals surface area contributed by atoms with Crippen molar-refractivity contribution < 1.29 is 32.3 Å². The summed E-state index contributed by atoms with van der Waals surface area (Å²) >= 11 is 0. The third kappa shape index (κ3) is 8.49.